The fourth-order valence-electron chi connectivity index (χ4n) is 3.02. The molecule has 3 rings (SSSR count). The molecule has 2 fully saturated rings. The Morgan fingerprint density at radius 1 is 0.767 bits per heavy atom. The van der Waals surface area contributed by atoms with Crippen molar-refractivity contribution in [1.29, 1.82) is 0 Å². The minimum absolute atomic E-state index is 0.148. The minimum Gasteiger partial charge on any atom is -0.379 e. The summed E-state index contributed by atoms with van der Waals surface area (Å²) in [6.07, 6.45) is 3.17. The van der Waals surface area contributed by atoms with E-state index >= 15 is 0 Å². The molecule has 0 atom stereocenters. The Morgan fingerprint density at radius 2 is 1.13 bits per heavy atom. The molecule has 0 aliphatic carbocycles. The summed E-state index contributed by atoms with van der Waals surface area (Å²) in [6, 6.07) is 7.42. The first-order valence-corrected chi connectivity index (χ1v) is 10.0. The highest BCUT2D eigenvalue weighted by molar-refractivity contribution is 5.86. The number of benzene rings is 1. The predicted molar refractivity (Wildman–Crippen MR) is 112 cm³/mol. The van der Waals surface area contributed by atoms with E-state index in [-0.39, 0.29) is 11.8 Å². The average Bonchev–Trinajstić information content (AvgIpc) is 2.76. The van der Waals surface area contributed by atoms with Crippen LogP contribution in [0.2, 0.25) is 0 Å². The van der Waals surface area contributed by atoms with Gasteiger partial charge in [0.15, 0.2) is 0 Å². The third-order valence-corrected chi connectivity index (χ3v) is 4.68. The summed E-state index contributed by atoms with van der Waals surface area (Å²) >= 11 is 0. The van der Waals surface area contributed by atoms with E-state index in [0.717, 1.165) is 37.3 Å². The van der Waals surface area contributed by atoms with Crippen LogP contribution in [0, 0.1) is 0 Å². The molecule has 0 spiro atoms. The van der Waals surface area contributed by atoms with Crippen molar-refractivity contribution in [3.8, 4) is 0 Å². The molecule has 2 saturated heterocycles. The molecule has 2 amide bonds. The molecule has 2 aliphatic rings. The number of ether oxygens (including phenoxy) is 2. The number of carbonyl (C=O) groups excluding carboxylic acids is 2. The summed E-state index contributed by atoms with van der Waals surface area (Å²) < 4.78 is 10.5. The summed E-state index contributed by atoms with van der Waals surface area (Å²) in [6.45, 7) is 6.28. The Balaban J connectivity index is 1.36. The SMILES string of the molecule is O=C(CN1CCOCC1)N/N=C\c1ccc(/C=N\NC(=O)CN2CCOCC2)cc1. The molecule has 30 heavy (non-hydrogen) atoms. The highest BCUT2D eigenvalue weighted by atomic mass is 16.5. The molecule has 2 N–H and O–H groups in total. The van der Waals surface area contributed by atoms with E-state index in [1.807, 2.05) is 34.1 Å². The van der Waals surface area contributed by atoms with E-state index in [1.54, 1.807) is 12.4 Å². The van der Waals surface area contributed by atoms with E-state index < -0.39 is 0 Å². The molecule has 162 valence electrons. The summed E-state index contributed by atoms with van der Waals surface area (Å²) in [7, 11) is 0. The lowest BCUT2D eigenvalue weighted by molar-refractivity contribution is -0.124. The van der Waals surface area contributed by atoms with Gasteiger partial charge in [0.05, 0.1) is 51.9 Å². The summed E-state index contributed by atoms with van der Waals surface area (Å²) in [4.78, 5) is 27.8. The van der Waals surface area contributed by atoms with E-state index in [0.29, 0.717) is 39.5 Å². The standard InChI is InChI=1S/C20H28N6O4/c27-19(15-25-5-9-29-10-6-25)23-21-13-17-1-2-18(4-3-17)14-22-24-20(28)16-26-7-11-30-12-8-26/h1-4,13-14H,5-12,15-16H2,(H,23,27)(H,24,28)/b21-13-,22-14-. The Morgan fingerprint density at radius 3 is 1.50 bits per heavy atom. The van der Waals surface area contributed by atoms with E-state index in [1.165, 1.54) is 0 Å². The van der Waals surface area contributed by atoms with Crippen molar-refractivity contribution in [2.24, 2.45) is 10.2 Å². The number of nitrogens with zero attached hydrogens (tertiary/aromatic N) is 4. The van der Waals surface area contributed by atoms with Gasteiger partial charge >= 0.3 is 0 Å². The number of hydrogen-bond acceptors (Lipinski definition) is 8. The van der Waals surface area contributed by atoms with Gasteiger partial charge in [0.2, 0.25) is 0 Å². The lowest BCUT2D eigenvalue weighted by Gasteiger charge is -2.25. The fourth-order valence-corrected chi connectivity index (χ4v) is 3.02. The van der Waals surface area contributed by atoms with Gasteiger partial charge in [-0.05, 0) is 11.1 Å². The maximum Gasteiger partial charge on any atom is 0.254 e. The van der Waals surface area contributed by atoms with Crippen molar-refractivity contribution in [2.75, 3.05) is 65.7 Å². The normalized spacial score (nSPS) is 18.7. The van der Waals surface area contributed by atoms with Crippen LogP contribution >= 0.6 is 0 Å². The number of amides is 2. The van der Waals surface area contributed by atoms with Gasteiger partial charge in [0.1, 0.15) is 0 Å². The van der Waals surface area contributed by atoms with Crippen molar-refractivity contribution in [3.63, 3.8) is 0 Å². The van der Waals surface area contributed by atoms with Gasteiger partial charge in [-0.25, -0.2) is 10.9 Å². The highest BCUT2D eigenvalue weighted by Gasteiger charge is 2.14. The second kappa shape index (κ2) is 12.1. The minimum atomic E-state index is -0.148. The first-order valence-electron chi connectivity index (χ1n) is 10.0. The Hall–Kier alpha value is -2.66. The van der Waals surface area contributed by atoms with Crippen LogP contribution in [0.3, 0.4) is 0 Å². The van der Waals surface area contributed by atoms with Crippen LogP contribution in [0.1, 0.15) is 11.1 Å². The monoisotopic (exact) mass is 416 g/mol. The number of nitrogens with one attached hydrogen (secondary N) is 2. The van der Waals surface area contributed by atoms with E-state index in [9.17, 15) is 9.59 Å². The maximum atomic E-state index is 11.9. The molecule has 0 saturated carbocycles. The first kappa shape index (κ1) is 22.0. The van der Waals surface area contributed by atoms with Crippen molar-refractivity contribution in [3.05, 3.63) is 35.4 Å². The molecule has 0 radical (unpaired) electrons. The van der Waals surface area contributed by atoms with Crippen LogP contribution in [-0.2, 0) is 19.1 Å². The Kier molecular flexibility index (Phi) is 8.91. The molecular weight excluding hydrogens is 388 g/mol. The molecule has 0 unspecified atom stereocenters. The van der Waals surface area contributed by atoms with Gasteiger partial charge < -0.3 is 9.47 Å². The third-order valence-electron chi connectivity index (χ3n) is 4.68. The predicted octanol–water partition coefficient (Wildman–Crippen LogP) is -0.749. The third kappa shape index (κ3) is 7.99. The van der Waals surface area contributed by atoms with Gasteiger partial charge in [0.25, 0.3) is 11.8 Å². The number of rotatable bonds is 8. The van der Waals surface area contributed by atoms with Gasteiger partial charge in [0, 0.05) is 26.2 Å². The smallest absolute Gasteiger partial charge is 0.254 e. The van der Waals surface area contributed by atoms with Crippen molar-refractivity contribution in [2.45, 2.75) is 0 Å². The molecule has 10 nitrogen and oxygen atoms in total. The van der Waals surface area contributed by atoms with Gasteiger partial charge in [-0.15, -0.1) is 0 Å². The number of hydrazone groups is 2. The largest absolute Gasteiger partial charge is 0.379 e. The van der Waals surface area contributed by atoms with Gasteiger partial charge in [-0.1, -0.05) is 24.3 Å². The zero-order valence-corrected chi connectivity index (χ0v) is 17.0. The Bertz CT molecular complexity index is 677. The zero-order chi connectivity index (χ0) is 21.0. The fraction of sp³-hybridized carbons (Fsp3) is 0.500. The topological polar surface area (TPSA) is 108 Å². The lowest BCUT2D eigenvalue weighted by Crippen LogP contribution is -2.42. The van der Waals surface area contributed by atoms with Crippen LogP contribution in [0.15, 0.2) is 34.5 Å². The summed E-state index contributed by atoms with van der Waals surface area (Å²) in [5.74, 6) is -0.297. The van der Waals surface area contributed by atoms with Crippen LogP contribution in [-0.4, -0.2) is 99.7 Å². The summed E-state index contributed by atoms with van der Waals surface area (Å²) in [5, 5.41) is 7.98. The van der Waals surface area contributed by atoms with Gasteiger partial charge in [-0.3, -0.25) is 19.4 Å². The van der Waals surface area contributed by atoms with Crippen LogP contribution < -0.4 is 10.9 Å². The van der Waals surface area contributed by atoms with Crippen LogP contribution in [0.25, 0.3) is 0 Å². The van der Waals surface area contributed by atoms with E-state index in [4.69, 9.17) is 9.47 Å². The second-order valence-corrected chi connectivity index (χ2v) is 7.03. The average molecular weight is 416 g/mol. The summed E-state index contributed by atoms with van der Waals surface area (Å²) in [5.41, 5.74) is 6.76. The van der Waals surface area contributed by atoms with Crippen LogP contribution in [0.4, 0.5) is 0 Å². The van der Waals surface area contributed by atoms with Gasteiger partial charge in [-0.2, -0.15) is 10.2 Å². The molecule has 10 heteroatoms. The molecule has 1 aromatic carbocycles. The first-order chi connectivity index (χ1) is 14.7. The van der Waals surface area contributed by atoms with Crippen molar-refractivity contribution >= 4 is 24.2 Å². The van der Waals surface area contributed by atoms with Crippen LogP contribution in [0.5, 0.6) is 0 Å². The van der Waals surface area contributed by atoms with E-state index in [2.05, 4.69) is 21.1 Å². The quantitative estimate of drug-likeness (QED) is 0.427. The molecule has 0 bridgehead atoms. The lowest BCUT2D eigenvalue weighted by atomic mass is 10.2. The van der Waals surface area contributed by atoms with Crippen molar-refractivity contribution in [1.82, 2.24) is 20.7 Å². The zero-order valence-electron chi connectivity index (χ0n) is 17.0. The Labute approximate surface area is 175 Å². The maximum absolute atomic E-state index is 11.9. The van der Waals surface area contributed by atoms with Crippen molar-refractivity contribution < 1.29 is 19.1 Å². The number of hydrogen-bond donors (Lipinski definition) is 2. The molecule has 2 heterocycles. The second-order valence-electron chi connectivity index (χ2n) is 7.03. The molecular formula is C20H28N6O4. The molecule has 2 aliphatic heterocycles. The highest BCUT2D eigenvalue weighted by Crippen LogP contribution is 2.00. The number of carbonyl (C=O) groups is 2. The molecule has 0 aromatic heterocycles. The molecule has 1 aromatic rings. The number of morpholine rings is 2.